The summed E-state index contributed by atoms with van der Waals surface area (Å²) < 4.78 is 0.847. The van der Waals surface area contributed by atoms with Gasteiger partial charge in [-0.15, -0.1) is 11.3 Å². The van der Waals surface area contributed by atoms with E-state index in [0.29, 0.717) is 16.4 Å². The monoisotopic (exact) mass is 388 g/mol. The molecule has 0 spiro atoms. The van der Waals surface area contributed by atoms with E-state index >= 15 is 0 Å². The van der Waals surface area contributed by atoms with E-state index in [1.165, 1.54) is 11.3 Å². The van der Waals surface area contributed by atoms with E-state index < -0.39 is 5.97 Å². The molecular formula is C12H9IN2O3S. The van der Waals surface area contributed by atoms with Crippen molar-refractivity contribution in [3.63, 3.8) is 0 Å². The van der Waals surface area contributed by atoms with Crippen LogP contribution in [0.4, 0.5) is 5.13 Å². The molecule has 0 radical (unpaired) electrons. The molecule has 2 N–H and O–H groups in total. The fraction of sp³-hybridized carbons (Fsp3) is 0.0833. The molecule has 0 aliphatic rings. The van der Waals surface area contributed by atoms with Gasteiger partial charge < -0.3 is 5.11 Å². The van der Waals surface area contributed by atoms with Gasteiger partial charge in [0.05, 0.1) is 17.7 Å². The van der Waals surface area contributed by atoms with Crippen molar-refractivity contribution < 1.29 is 14.7 Å². The number of carboxylic acids is 1. The molecule has 1 aromatic heterocycles. The summed E-state index contributed by atoms with van der Waals surface area (Å²) >= 11 is 3.30. The summed E-state index contributed by atoms with van der Waals surface area (Å²) in [5, 5.41) is 13.3. The minimum atomic E-state index is -0.944. The van der Waals surface area contributed by atoms with Crippen molar-refractivity contribution in [2.75, 3.05) is 5.32 Å². The van der Waals surface area contributed by atoms with Gasteiger partial charge in [-0.25, -0.2) is 4.98 Å². The maximum Gasteiger partial charge on any atom is 0.309 e. The van der Waals surface area contributed by atoms with E-state index in [-0.39, 0.29) is 12.3 Å². The van der Waals surface area contributed by atoms with Crippen LogP contribution in [0.15, 0.2) is 29.6 Å². The Hall–Kier alpha value is -1.48. The molecule has 7 heteroatoms. The van der Waals surface area contributed by atoms with Crippen LogP contribution in [0.5, 0.6) is 0 Å². The van der Waals surface area contributed by atoms with E-state index in [4.69, 9.17) is 5.11 Å². The molecule has 2 rings (SSSR count). The van der Waals surface area contributed by atoms with Crippen LogP contribution in [-0.2, 0) is 11.2 Å². The van der Waals surface area contributed by atoms with Gasteiger partial charge in [0.1, 0.15) is 0 Å². The normalized spacial score (nSPS) is 10.2. The van der Waals surface area contributed by atoms with Crippen LogP contribution >= 0.6 is 33.9 Å². The highest BCUT2D eigenvalue weighted by Gasteiger charge is 2.12. The van der Waals surface area contributed by atoms with Gasteiger partial charge in [0.25, 0.3) is 5.91 Å². The molecule has 0 saturated heterocycles. The molecule has 0 saturated carbocycles. The van der Waals surface area contributed by atoms with Crippen LogP contribution < -0.4 is 5.32 Å². The molecule has 0 atom stereocenters. The fourth-order valence-corrected chi connectivity index (χ4v) is 2.75. The lowest BCUT2D eigenvalue weighted by Crippen LogP contribution is -2.13. The summed E-state index contributed by atoms with van der Waals surface area (Å²) in [6.45, 7) is 0. The number of anilines is 1. The maximum absolute atomic E-state index is 12.0. The van der Waals surface area contributed by atoms with Gasteiger partial charge in [-0.3, -0.25) is 14.9 Å². The van der Waals surface area contributed by atoms with E-state index in [9.17, 15) is 9.59 Å². The number of aromatic nitrogens is 1. The zero-order chi connectivity index (χ0) is 13.8. The van der Waals surface area contributed by atoms with Crippen molar-refractivity contribution >= 4 is 50.9 Å². The van der Waals surface area contributed by atoms with Gasteiger partial charge >= 0.3 is 5.97 Å². The number of rotatable bonds is 4. The Balaban J connectivity index is 2.09. The van der Waals surface area contributed by atoms with Crippen molar-refractivity contribution in [2.45, 2.75) is 6.42 Å². The molecule has 0 aliphatic heterocycles. The zero-order valence-corrected chi connectivity index (χ0v) is 12.6. The third kappa shape index (κ3) is 3.74. The number of hydrogen-bond acceptors (Lipinski definition) is 4. The molecule has 1 amide bonds. The number of hydrogen-bond donors (Lipinski definition) is 2. The summed E-state index contributed by atoms with van der Waals surface area (Å²) in [6, 6.07) is 7.21. The van der Waals surface area contributed by atoms with Crippen molar-refractivity contribution in [3.8, 4) is 0 Å². The minimum Gasteiger partial charge on any atom is -0.481 e. The molecule has 1 heterocycles. The van der Waals surface area contributed by atoms with E-state index in [0.717, 1.165) is 3.57 Å². The Morgan fingerprint density at radius 1 is 1.37 bits per heavy atom. The Morgan fingerprint density at radius 3 is 2.79 bits per heavy atom. The molecule has 0 bridgehead atoms. The third-order valence-electron chi connectivity index (χ3n) is 2.22. The average molecular weight is 388 g/mol. The number of halogens is 1. The number of nitrogens with zero attached hydrogens (tertiary/aromatic N) is 1. The highest BCUT2D eigenvalue weighted by molar-refractivity contribution is 14.1. The Labute approximate surface area is 126 Å². The number of aliphatic carboxylic acids is 1. The van der Waals surface area contributed by atoms with Crippen LogP contribution in [-0.4, -0.2) is 22.0 Å². The minimum absolute atomic E-state index is 0.144. The Morgan fingerprint density at radius 2 is 2.11 bits per heavy atom. The predicted molar refractivity (Wildman–Crippen MR) is 80.6 cm³/mol. The fourth-order valence-electron chi connectivity index (χ4n) is 1.41. The number of amides is 1. The largest absolute Gasteiger partial charge is 0.481 e. The maximum atomic E-state index is 12.0. The highest BCUT2D eigenvalue weighted by atomic mass is 127. The molecule has 98 valence electrons. The van der Waals surface area contributed by atoms with Gasteiger partial charge in [-0.05, 0) is 34.7 Å². The average Bonchev–Trinajstić information content (AvgIpc) is 2.76. The summed E-state index contributed by atoms with van der Waals surface area (Å²) in [7, 11) is 0. The second-order valence-electron chi connectivity index (χ2n) is 3.65. The first-order valence-corrected chi connectivity index (χ1v) is 7.24. The molecule has 0 fully saturated rings. The second kappa shape index (κ2) is 6.11. The highest BCUT2D eigenvalue weighted by Crippen LogP contribution is 2.18. The van der Waals surface area contributed by atoms with Gasteiger partial charge in [0, 0.05) is 8.95 Å². The number of thiazole rings is 1. The third-order valence-corrected chi connectivity index (χ3v) is 3.97. The molecular weight excluding hydrogens is 379 g/mol. The van der Waals surface area contributed by atoms with E-state index in [1.54, 1.807) is 17.5 Å². The Bertz CT molecular complexity index is 627. The molecule has 0 aliphatic carbocycles. The van der Waals surface area contributed by atoms with Crippen molar-refractivity contribution in [1.29, 1.82) is 0 Å². The molecule has 0 unspecified atom stereocenters. The van der Waals surface area contributed by atoms with Crippen LogP contribution in [0.2, 0.25) is 0 Å². The van der Waals surface area contributed by atoms with Crippen molar-refractivity contribution in [1.82, 2.24) is 4.98 Å². The molecule has 5 nitrogen and oxygen atoms in total. The van der Waals surface area contributed by atoms with Gasteiger partial charge in [0.15, 0.2) is 5.13 Å². The lowest BCUT2D eigenvalue weighted by molar-refractivity contribution is -0.136. The summed E-state index contributed by atoms with van der Waals surface area (Å²) in [6.07, 6.45) is -0.144. The van der Waals surface area contributed by atoms with Crippen molar-refractivity contribution in [2.24, 2.45) is 0 Å². The van der Waals surface area contributed by atoms with Crippen LogP contribution in [0.25, 0.3) is 0 Å². The second-order valence-corrected chi connectivity index (χ2v) is 5.67. The quantitative estimate of drug-likeness (QED) is 0.790. The first kappa shape index (κ1) is 13.9. The topological polar surface area (TPSA) is 79.3 Å². The van der Waals surface area contributed by atoms with Crippen LogP contribution in [0.1, 0.15) is 16.1 Å². The number of carbonyl (C=O) groups excluding carboxylic acids is 1. The van der Waals surface area contributed by atoms with E-state index in [1.807, 2.05) is 12.1 Å². The number of carboxylic acid groups (broad SMARTS) is 1. The summed E-state index contributed by atoms with van der Waals surface area (Å²) in [5.74, 6) is -1.19. The van der Waals surface area contributed by atoms with Crippen LogP contribution in [0, 0.1) is 3.57 Å². The number of nitrogens with one attached hydrogen (secondary N) is 1. The zero-order valence-electron chi connectivity index (χ0n) is 9.59. The molecule has 1 aromatic carbocycles. The molecule has 19 heavy (non-hydrogen) atoms. The Kier molecular flexibility index (Phi) is 4.48. The summed E-state index contributed by atoms with van der Waals surface area (Å²) in [5.41, 5.74) is 1.01. The standard InChI is InChI=1S/C12H9IN2O3S/c13-9-4-2-1-3-8(9)11(18)15-12-14-7(6-19-12)5-10(16)17/h1-4,6H,5H2,(H,16,17)(H,14,15,18). The number of carbonyl (C=O) groups is 2. The van der Waals surface area contributed by atoms with Gasteiger partial charge in [0.2, 0.25) is 0 Å². The van der Waals surface area contributed by atoms with E-state index in [2.05, 4.69) is 32.9 Å². The lowest BCUT2D eigenvalue weighted by atomic mass is 10.2. The SMILES string of the molecule is O=C(O)Cc1csc(NC(=O)c2ccccc2I)n1. The first-order chi connectivity index (χ1) is 9.06. The van der Waals surface area contributed by atoms with Gasteiger partial charge in [-0.1, -0.05) is 12.1 Å². The molecule has 2 aromatic rings. The number of benzene rings is 1. The predicted octanol–water partition coefficient (Wildman–Crippen LogP) is 2.63. The van der Waals surface area contributed by atoms with Crippen LogP contribution in [0.3, 0.4) is 0 Å². The smallest absolute Gasteiger partial charge is 0.309 e. The van der Waals surface area contributed by atoms with Crippen molar-refractivity contribution in [3.05, 3.63) is 44.5 Å². The van der Waals surface area contributed by atoms with Gasteiger partial charge in [-0.2, -0.15) is 0 Å². The lowest BCUT2D eigenvalue weighted by Gasteiger charge is -2.03. The first-order valence-electron chi connectivity index (χ1n) is 5.28. The summed E-state index contributed by atoms with van der Waals surface area (Å²) in [4.78, 5) is 26.6.